The van der Waals surface area contributed by atoms with Gasteiger partial charge in [0, 0.05) is 0 Å². The monoisotopic (exact) mass is 237 g/mol. The third-order valence-corrected chi connectivity index (χ3v) is 3.22. The molecule has 0 aromatic heterocycles. The van der Waals surface area contributed by atoms with Gasteiger partial charge in [-0.15, -0.1) is 0 Å². The first kappa shape index (κ1) is 11.6. The summed E-state index contributed by atoms with van der Waals surface area (Å²) in [6.07, 6.45) is 3.35. The molecule has 0 aliphatic heterocycles. The molecule has 0 unspecified atom stereocenters. The van der Waals surface area contributed by atoms with E-state index in [9.17, 15) is 14.3 Å². The second-order valence-corrected chi connectivity index (χ2v) is 4.06. The highest BCUT2D eigenvalue weighted by molar-refractivity contribution is 5.52. The summed E-state index contributed by atoms with van der Waals surface area (Å²) in [6.45, 7) is 0. The second-order valence-electron chi connectivity index (χ2n) is 4.06. The van der Waals surface area contributed by atoms with Crippen molar-refractivity contribution < 1.29 is 19.0 Å². The van der Waals surface area contributed by atoms with Gasteiger partial charge >= 0.3 is 0 Å². The first-order valence-electron chi connectivity index (χ1n) is 5.29. The lowest BCUT2D eigenvalue weighted by Gasteiger charge is -2.37. The number of benzene rings is 1. The molecule has 0 atom stereocenters. The number of hydrogen-bond donors (Lipinski definition) is 1. The molecule has 1 aromatic rings. The normalized spacial score (nSPS) is 16.8. The minimum absolute atomic E-state index is 0.0338. The minimum atomic E-state index is -0.968. The number of rotatable bonds is 3. The first-order valence-corrected chi connectivity index (χ1v) is 5.29. The lowest BCUT2D eigenvalue weighted by atomic mass is 9.71. The molecule has 4 nitrogen and oxygen atoms in total. The Morgan fingerprint density at radius 1 is 1.53 bits per heavy atom. The van der Waals surface area contributed by atoms with Crippen LogP contribution in [0.5, 0.6) is 11.5 Å². The van der Waals surface area contributed by atoms with Gasteiger partial charge in [-0.25, -0.2) is 9.18 Å². The Morgan fingerprint density at radius 2 is 2.24 bits per heavy atom. The first-order chi connectivity index (χ1) is 8.14. The van der Waals surface area contributed by atoms with Gasteiger partial charge in [0.15, 0.2) is 11.5 Å². The summed E-state index contributed by atoms with van der Waals surface area (Å²) in [6, 6.07) is 2.54. The Labute approximate surface area is 97.7 Å². The van der Waals surface area contributed by atoms with Gasteiger partial charge in [0.1, 0.15) is 11.4 Å². The summed E-state index contributed by atoms with van der Waals surface area (Å²) < 4.78 is 18.7. The molecule has 1 saturated carbocycles. The smallest absolute Gasteiger partial charge is 0.235 e. The number of aliphatic imine (C=N–C) groups is 1. The van der Waals surface area contributed by atoms with E-state index in [1.54, 1.807) is 0 Å². The fourth-order valence-corrected chi connectivity index (χ4v) is 2.17. The Kier molecular flexibility index (Phi) is 2.86. The average molecular weight is 237 g/mol. The minimum Gasteiger partial charge on any atom is -0.504 e. The lowest BCUT2D eigenvalue weighted by Crippen LogP contribution is -2.33. The van der Waals surface area contributed by atoms with Gasteiger partial charge in [-0.2, -0.15) is 4.99 Å². The van der Waals surface area contributed by atoms with Crippen molar-refractivity contribution in [1.29, 1.82) is 0 Å². The van der Waals surface area contributed by atoms with E-state index < -0.39 is 11.4 Å². The standard InChI is InChI=1S/C12H12FNO3/c1-17-9-4-3-8(13)10(11(9)16)12(14-7-15)5-2-6-12/h3-4,16H,2,5-6H2,1H3. The van der Waals surface area contributed by atoms with Crippen LogP contribution < -0.4 is 4.74 Å². The van der Waals surface area contributed by atoms with Crippen LogP contribution in [-0.4, -0.2) is 18.3 Å². The van der Waals surface area contributed by atoms with Gasteiger partial charge in [-0.1, -0.05) is 0 Å². The zero-order chi connectivity index (χ0) is 12.5. The Hall–Kier alpha value is -1.87. The Bertz CT molecular complexity index is 491. The van der Waals surface area contributed by atoms with Crippen molar-refractivity contribution in [2.75, 3.05) is 7.11 Å². The molecule has 90 valence electrons. The van der Waals surface area contributed by atoms with Gasteiger partial charge in [0.25, 0.3) is 0 Å². The van der Waals surface area contributed by atoms with Gasteiger partial charge in [0.2, 0.25) is 6.08 Å². The van der Waals surface area contributed by atoms with Crippen LogP contribution in [0.4, 0.5) is 4.39 Å². The molecule has 1 aliphatic carbocycles. The molecule has 1 aromatic carbocycles. The van der Waals surface area contributed by atoms with Crippen molar-refractivity contribution in [2.45, 2.75) is 24.8 Å². The summed E-state index contributed by atoms with van der Waals surface area (Å²) in [7, 11) is 1.38. The van der Waals surface area contributed by atoms with E-state index in [0.717, 1.165) is 6.42 Å². The molecule has 0 spiro atoms. The SMILES string of the molecule is COc1ccc(F)c(C2(N=C=O)CCC2)c1O. The summed E-state index contributed by atoms with van der Waals surface area (Å²) in [5, 5.41) is 9.94. The quantitative estimate of drug-likeness (QED) is 0.648. The van der Waals surface area contributed by atoms with Crippen LogP contribution in [0, 0.1) is 5.82 Å². The third-order valence-electron chi connectivity index (χ3n) is 3.22. The van der Waals surface area contributed by atoms with Crippen LogP contribution in [0.2, 0.25) is 0 Å². The van der Waals surface area contributed by atoms with E-state index in [2.05, 4.69) is 4.99 Å². The van der Waals surface area contributed by atoms with Crippen molar-refractivity contribution >= 4 is 6.08 Å². The summed E-state index contributed by atoms with van der Waals surface area (Å²) in [5.74, 6) is -0.693. The fourth-order valence-electron chi connectivity index (χ4n) is 2.17. The fraction of sp³-hybridized carbons (Fsp3) is 0.417. The molecule has 0 heterocycles. The number of methoxy groups -OCH3 is 1. The van der Waals surface area contributed by atoms with E-state index in [-0.39, 0.29) is 17.1 Å². The summed E-state index contributed by atoms with van der Waals surface area (Å²) in [4.78, 5) is 14.1. The van der Waals surface area contributed by atoms with Crippen LogP contribution in [0.15, 0.2) is 17.1 Å². The van der Waals surface area contributed by atoms with E-state index >= 15 is 0 Å². The maximum atomic E-state index is 13.8. The molecule has 5 heteroatoms. The van der Waals surface area contributed by atoms with Crippen molar-refractivity contribution in [3.05, 3.63) is 23.5 Å². The topological polar surface area (TPSA) is 58.9 Å². The zero-order valence-corrected chi connectivity index (χ0v) is 9.36. The van der Waals surface area contributed by atoms with Gasteiger partial charge in [0.05, 0.1) is 12.7 Å². The van der Waals surface area contributed by atoms with E-state index in [4.69, 9.17) is 4.74 Å². The van der Waals surface area contributed by atoms with E-state index in [1.807, 2.05) is 0 Å². The number of isocyanates is 1. The number of phenolic OH excluding ortho intramolecular Hbond substituents is 1. The molecule has 1 fully saturated rings. The number of phenols is 1. The van der Waals surface area contributed by atoms with E-state index in [1.165, 1.54) is 25.3 Å². The zero-order valence-electron chi connectivity index (χ0n) is 9.36. The highest BCUT2D eigenvalue weighted by Gasteiger charge is 2.43. The number of halogens is 1. The van der Waals surface area contributed by atoms with Crippen LogP contribution in [-0.2, 0) is 10.3 Å². The van der Waals surface area contributed by atoms with Crippen LogP contribution in [0.1, 0.15) is 24.8 Å². The van der Waals surface area contributed by atoms with Crippen molar-refractivity contribution in [1.82, 2.24) is 0 Å². The van der Waals surface area contributed by atoms with Gasteiger partial charge < -0.3 is 9.84 Å². The molecule has 0 saturated heterocycles. The molecular weight excluding hydrogens is 225 g/mol. The lowest BCUT2D eigenvalue weighted by molar-refractivity contribution is 0.235. The second kappa shape index (κ2) is 4.18. The molecule has 0 amide bonds. The van der Waals surface area contributed by atoms with Crippen LogP contribution in [0.25, 0.3) is 0 Å². The predicted molar refractivity (Wildman–Crippen MR) is 58.3 cm³/mol. The maximum absolute atomic E-state index is 13.8. The van der Waals surface area contributed by atoms with Crippen molar-refractivity contribution in [3.8, 4) is 11.5 Å². The number of aromatic hydroxyl groups is 1. The number of hydrogen-bond acceptors (Lipinski definition) is 4. The maximum Gasteiger partial charge on any atom is 0.235 e. The molecule has 1 aliphatic rings. The summed E-state index contributed by atoms with van der Waals surface area (Å²) >= 11 is 0. The number of carbonyl (C=O) groups excluding carboxylic acids is 1. The molecule has 1 N–H and O–H groups in total. The predicted octanol–water partition coefficient (Wildman–Crippen LogP) is 2.25. The molecule has 17 heavy (non-hydrogen) atoms. The Morgan fingerprint density at radius 3 is 2.71 bits per heavy atom. The van der Waals surface area contributed by atoms with Crippen LogP contribution in [0.3, 0.4) is 0 Å². The number of ether oxygens (including phenoxy) is 1. The Balaban J connectivity index is 2.61. The average Bonchev–Trinajstić information content (AvgIpc) is 2.26. The number of nitrogens with zero attached hydrogens (tertiary/aromatic N) is 1. The highest BCUT2D eigenvalue weighted by Crippen LogP contribution is 2.50. The highest BCUT2D eigenvalue weighted by atomic mass is 19.1. The largest absolute Gasteiger partial charge is 0.504 e. The van der Waals surface area contributed by atoms with Crippen LogP contribution >= 0.6 is 0 Å². The van der Waals surface area contributed by atoms with Gasteiger partial charge in [-0.3, -0.25) is 0 Å². The van der Waals surface area contributed by atoms with E-state index in [0.29, 0.717) is 12.8 Å². The van der Waals surface area contributed by atoms with Crippen molar-refractivity contribution in [2.24, 2.45) is 4.99 Å². The summed E-state index contributed by atoms with van der Waals surface area (Å²) in [5.41, 5.74) is -0.934. The molecule has 0 radical (unpaired) electrons. The molecule has 2 rings (SSSR count). The van der Waals surface area contributed by atoms with Crippen molar-refractivity contribution in [3.63, 3.8) is 0 Å². The molecule has 0 bridgehead atoms. The third kappa shape index (κ3) is 1.68. The molecular formula is C12H12FNO3. The van der Waals surface area contributed by atoms with Gasteiger partial charge in [-0.05, 0) is 31.4 Å².